The molecule has 6 heteroatoms. The highest BCUT2D eigenvalue weighted by molar-refractivity contribution is 7.15. The van der Waals surface area contributed by atoms with Crippen LogP contribution < -0.4 is 10.1 Å². The van der Waals surface area contributed by atoms with Crippen molar-refractivity contribution in [2.45, 2.75) is 32.3 Å². The minimum Gasteiger partial charge on any atom is -0.481 e. The Bertz CT molecular complexity index is 633. The summed E-state index contributed by atoms with van der Waals surface area (Å²) in [6, 6.07) is 6.94. The van der Waals surface area contributed by atoms with E-state index in [1.54, 1.807) is 42.5 Å². The van der Waals surface area contributed by atoms with Crippen molar-refractivity contribution in [2.24, 2.45) is 0 Å². The summed E-state index contributed by atoms with van der Waals surface area (Å²) in [5.74, 6) is 0.418. The van der Waals surface area contributed by atoms with E-state index >= 15 is 0 Å². The van der Waals surface area contributed by atoms with Crippen molar-refractivity contribution >= 4 is 34.0 Å². The summed E-state index contributed by atoms with van der Waals surface area (Å²) in [6.45, 7) is 1.71. The summed E-state index contributed by atoms with van der Waals surface area (Å²) in [4.78, 5) is 17.8. The van der Waals surface area contributed by atoms with Crippen LogP contribution in [0.4, 0.5) is 5.13 Å². The fraction of sp³-hybridized carbons (Fsp3) is 0.333. The van der Waals surface area contributed by atoms with Crippen LogP contribution in [0.1, 0.15) is 23.9 Å². The molecule has 3 rings (SSSR count). The van der Waals surface area contributed by atoms with E-state index in [0.29, 0.717) is 15.9 Å². The zero-order valence-electron chi connectivity index (χ0n) is 11.6. The van der Waals surface area contributed by atoms with Crippen molar-refractivity contribution in [1.29, 1.82) is 0 Å². The Hall–Kier alpha value is -1.59. The first kappa shape index (κ1) is 14.4. The number of benzene rings is 1. The Kier molecular flexibility index (Phi) is 4.12. The van der Waals surface area contributed by atoms with E-state index in [9.17, 15) is 4.79 Å². The third kappa shape index (κ3) is 3.36. The van der Waals surface area contributed by atoms with Gasteiger partial charge in [0.25, 0.3) is 5.91 Å². The number of halogens is 1. The van der Waals surface area contributed by atoms with Crippen LogP contribution in [0, 0.1) is 0 Å². The molecule has 1 aromatic heterocycles. The second-order valence-corrected chi connectivity index (χ2v) is 6.47. The molecule has 0 fully saturated rings. The molecule has 2 aromatic rings. The molecule has 1 amide bonds. The molecule has 1 heterocycles. The number of carbonyl (C=O) groups is 1. The number of ether oxygens (including phenoxy) is 1. The van der Waals surface area contributed by atoms with Gasteiger partial charge in [-0.05, 0) is 50.5 Å². The average Bonchev–Trinajstić information content (AvgIpc) is 3.02. The van der Waals surface area contributed by atoms with Crippen LogP contribution >= 0.6 is 22.9 Å². The quantitative estimate of drug-likeness (QED) is 0.934. The largest absolute Gasteiger partial charge is 0.481 e. The van der Waals surface area contributed by atoms with Crippen LogP contribution in [0.2, 0.25) is 5.02 Å². The summed E-state index contributed by atoms with van der Waals surface area (Å²) in [7, 11) is 0. The molecule has 0 bridgehead atoms. The van der Waals surface area contributed by atoms with Crippen LogP contribution in [-0.4, -0.2) is 17.0 Å². The molecular weight excluding hydrogens is 308 g/mol. The lowest BCUT2D eigenvalue weighted by Gasteiger charge is -2.13. The molecule has 1 aromatic carbocycles. The second kappa shape index (κ2) is 6.03. The van der Waals surface area contributed by atoms with Gasteiger partial charge in [-0.15, -0.1) is 11.3 Å². The molecule has 110 valence electrons. The molecule has 0 radical (unpaired) electrons. The van der Waals surface area contributed by atoms with Gasteiger partial charge in [-0.1, -0.05) is 11.6 Å². The Morgan fingerprint density at radius 2 is 2.14 bits per heavy atom. The number of thiazole rings is 1. The van der Waals surface area contributed by atoms with Crippen LogP contribution in [0.3, 0.4) is 0 Å². The molecule has 1 aliphatic carbocycles. The topological polar surface area (TPSA) is 51.2 Å². The van der Waals surface area contributed by atoms with Crippen LogP contribution in [0.15, 0.2) is 24.3 Å². The molecule has 1 aliphatic rings. The van der Waals surface area contributed by atoms with Crippen molar-refractivity contribution in [3.8, 4) is 5.75 Å². The Morgan fingerprint density at radius 1 is 1.38 bits per heavy atom. The van der Waals surface area contributed by atoms with Crippen molar-refractivity contribution in [3.05, 3.63) is 39.9 Å². The number of hydrogen-bond acceptors (Lipinski definition) is 4. The van der Waals surface area contributed by atoms with E-state index in [2.05, 4.69) is 10.3 Å². The monoisotopic (exact) mass is 322 g/mol. The number of anilines is 1. The normalized spacial score (nSPS) is 14.6. The van der Waals surface area contributed by atoms with E-state index in [0.717, 1.165) is 18.5 Å². The average molecular weight is 323 g/mol. The highest BCUT2D eigenvalue weighted by Crippen LogP contribution is 2.30. The molecule has 1 atom stereocenters. The van der Waals surface area contributed by atoms with E-state index in [1.807, 2.05) is 0 Å². The van der Waals surface area contributed by atoms with Gasteiger partial charge in [-0.25, -0.2) is 4.98 Å². The molecule has 1 N–H and O–H groups in total. The number of amides is 1. The SMILES string of the molecule is CC(Oc1ccc(Cl)cc1)C(=O)Nc1nc2c(s1)CCC2. The smallest absolute Gasteiger partial charge is 0.266 e. The summed E-state index contributed by atoms with van der Waals surface area (Å²) in [6.07, 6.45) is 2.65. The van der Waals surface area contributed by atoms with Gasteiger partial charge in [0.15, 0.2) is 11.2 Å². The fourth-order valence-electron chi connectivity index (χ4n) is 2.22. The van der Waals surface area contributed by atoms with E-state index in [4.69, 9.17) is 16.3 Å². The number of fused-ring (bicyclic) bond motifs is 1. The highest BCUT2D eigenvalue weighted by atomic mass is 35.5. The molecule has 0 saturated carbocycles. The van der Waals surface area contributed by atoms with Crippen LogP contribution in [0.25, 0.3) is 0 Å². The molecule has 0 aliphatic heterocycles. The zero-order valence-corrected chi connectivity index (χ0v) is 13.1. The Balaban J connectivity index is 1.60. The van der Waals surface area contributed by atoms with Crippen molar-refractivity contribution in [1.82, 2.24) is 4.98 Å². The predicted octanol–water partition coefficient (Wildman–Crippen LogP) is 3.69. The van der Waals surface area contributed by atoms with Crippen molar-refractivity contribution in [3.63, 3.8) is 0 Å². The third-order valence-electron chi connectivity index (χ3n) is 3.32. The lowest BCUT2D eigenvalue weighted by molar-refractivity contribution is -0.122. The highest BCUT2D eigenvalue weighted by Gasteiger charge is 2.20. The second-order valence-electron chi connectivity index (χ2n) is 4.95. The van der Waals surface area contributed by atoms with Gasteiger partial charge in [0, 0.05) is 9.90 Å². The molecule has 0 spiro atoms. The predicted molar refractivity (Wildman–Crippen MR) is 84.3 cm³/mol. The summed E-state index contributed by atoms with van der Waals surface area (Å²) in [5, 5.41) is 4.12. The number of aryl methyl sites for hydroxylation is 2. The maximum atomic E-state index is 12.1. The minimum atomic E-state index is -0.593. The third-order valence-corrected chi connectivity index (χ3v) is 4.65. The maximum absolute atomic E-state index is 12.1. The van der Waals surface area contributed by atoms with Crippen molar-refractivity contribution in [2.75, 3.05) is 5.32 Å². The Labute approximate surface area is 132 Å². The van der Waals surface area contributed by atoms with Crippen LogP contribution in [0.5, 0.6) is 5.75 Å². The molecule has 1 unspecified atom stereocenters. The summed E-state index contributed by atoms with van der Waals surface area (Å²) >= 11 is 7.37. The number of nitrogens with zero attached hydrogens (tertiary/aromatic N) is 1. The summed E-state index contributed by atoms with van der Waals surface area (Å²) < 4.78 is 5.59. The van der Waals surface area contributed by atoms with Gasteiger partial charge >= 0.3 is 0 Å². The van der Waals surface area contributed by atoms with E-state index < -0.39 is 6.10 Å². The molecule has 0 saturated heterocycles. The lowest BCUT2D eigenvalue weighted by atomic mass is 10.3. The van der Waals surface area contributed by atoms with Gasteiger partial charge in [0.05, 0.1) is 5.69 Å². The van der Waals surface area contributed by atoms with E-state index in [-0.39, 0.29) is 5.91 Å². The number of hydrogen-bond donors (Lipinski definition) is 1. The molecular formula is C15H15ClN2O2S. The first-order valence-corrected chi connectivity index (χ1v) is 8.03. The van der Waals surface area contributed by atoms with Gasteiger partial charge in [-0.3, -0.25) is 10.1 Å². The zero-order chi connectivity index (χ0) is 14.8. The van der Waals surface area contributed by atoms with Crippen LogP contribution in [-0.2, 0) is 17.6 Å². The molecule has 21 heavy (non-hydrogen) atoms. The number of aromatic nitrogens is 1. The maximum Gasteiger partial charge on any atom is 0.266 e. The number of carbonyl (C=O) groups excluding carboxylic acids is 1. The first-order valence-electron chi connectivity index (χ1n) is 6.83. The number of nitrogens with one attached hydrogen (secondary N) is 1. The van der Waals surface area contributed by atoms with Gasteiger partial charge in [-0.2, -0.15) is 0 Å². The molecule has 4 nitrogen and oxygen atoms in total. The lowest BCUT2D eigenvalue weighted by Crippen LogP contribution is -2.30. The van der Waals surface area contributed by atoms with Gasteiger partial charge in [0.1, 0.15) is 5.75 Å². The fourth-order valence-corrected chi connectivity index (χ4v) is 3.40. The number of rotatable bonds is 4. The summed E-state index contributed by atoms with van der Waals surface area (Å²) in [5.41, 5.74) is 1.13. The standard InChI is InChI=1S/C15H15ClN2O2S/c1-9(20-11-7-5-10(16)6-8-11)14(19)18-15-17-12-3-2-4-13(12)21-15/h5-9H,2-4H2,1H3,(H,17,18,19). The van der Waals surface area contributed by atoms with E-state index in [1.165, 1.54) is 11.3 Å². The van der Waals surface area contributed by atoms with Gasteiger partial charge in [0.2, 0.25) is 0 Å². The van der Waals surface area contributed by atoms with Gasteiger partial charge < -0.3 is 4.74 Å². The Morgan fingerprint density at radius 3 is 2.86 bits per heavy atom. The first-order chi connectivity index (χ1) is 10.1. The van der Waals surface area contributed by atoms with Crippen molar-refractivity contribution < 1.29 is 9.53 Å². The minimum absolute atomic E-state index is 0.197.